The second-order valence-electron chi connectivity index (χ2n) is 7.30. The molecular formula is C24H22CaO6S2. The second kappa shape index (κ2) is 11.3. The first-order valence-corrected chi connectivity index (χ1v) is 12.8. The van der Waals surface area contributed by atoms with Crippen molar-refractivity contribution in [2.24, 2.45) is 0 Å². The van der Waals surface area contributed by atoms with Gasteiger partial charge >= 0.3 is 37.7 Å². The van der Waals surface area contributed by atoms with Gasteiger partial charge in [-0.15, -0.1) is 0 Å². The summed E-state index contributed by atoms with van der Waals surface area (Å²) in [4.78, 5) is -0.346. The van der Waals surface area contributed by atoms with Crippen LogP contribution in [-0.2, 0) is 33.1 Å². The maximum Gasteiger partial charge on any atom is 2.00 e. The molecule has 0 bridgehead atoms. The average Bonchev–Trinajstić information content (AvgIpc) is 2.76. The Balaban J connectivity index is 0.000000227. The van der Waals surface area contributed by atoms with Crippen LogP contribution in [-0.4, -0.2) is 63.7 Å². The Labute approximate surface area is 224 Å². The van der Waals surface area contributed by atoms with Crippen molar-refractivity contribution >= 4 is 79.5 Å². The molecule has 4 aromatic rings. The minimum atomic E-state index is -4.36. The largest absolute Gasteiger partial charge is 2.00 e. The van der Waals surface area contributed by atoms with Crippen LogP contribution in [0.15, 0.2) is 82.6 Å². The van der Waals surface area contributed by atoms with Crippen LogP contribution in [0.4, 0.5) is 0 Å². The fourth-order valence-electron chi connectivity index (χ4n) is 3.30. The van der Waals surface area contributed by atoms with Crippen molar-refractivity contribution in [3.63, 3.8) is 0 Å². The fraction of sp³-hybridized carbons (Fsp3) is 0.167. The van der Waals surface area contributed by atoms with Crippen LogP contribution in [0.3, 0.4) is 0 Å². The number of rotatable bonds is 4. The topological polar surface area (TPSA) is 114 Å². The van der Waals surface area contributed by atoms with Crippen molar-refractivity contribution < 1.29 is 25.9 Å². The molecule has 168 valence electrons. The summed E-state index contributed by atoms with van der Waals surface area (Å²) in [5, 5.41) is 3.45. The van der Waals surface area contributed by atoms with Crippen LogP contribution >= 0.6 is 0 Å². The van der Waals surface area contributed by atoms with E-state index in [9.17, 15) is 25.9 Å². The van der Waals surface area contributed by atoms with E-state index < -0.39 is 20.2 Å². The molecule has 33 heavy (non-hydrogen) atoms. The first-order valence-electron chi connectivity index (χ1n) is 9.98. The molecule has 4 aromatic carbocycles. The van der Waals surface area contributed by atoms with Gasteiger partial charge in [-0.1, -0.05) is 62.4 Å². The molecule has 6 nitrogen and oxygen atoms in total. The average molecular weight is 511 g/mol. The summed E-state index contributed by atoms with van der Waals surface area (Å²) in [6.45, 7) is 4.05. The number of aryl methyl sites for hydroxylation is 2. The van der Waals surface area contributed by atoms with Crippen molar-refractivity contribution in [3.05, 3.63) is 83.9 Å². The van der Waals surface area contributed by atoms with E-state index in [2.05, 4.69) is 0 Å². The van der Waals surface area contributed by atoms with Gasteiger partial charge in [-0.3, -0.25) is 0 Å². The van der Waals surface area contributed by atoms with Crippen molar-refractivity contribution in [2.75, 3.05) is 0 Å². The van der Waals surface area contributed by atoms with E-state index in [0.717, 1.165) is 45.5 Å². The molecule has 0 aliphatic carbocycles. The molecule has 0 atom stereocenters. The molecule has 0 aliphatic rings. The molecule has 9 heteroatoms. The summed E-state index contributed by atoms with van der Waals surface area (Å²) in [5.74, 6) is 0. The Hall–Kier alpha value is -1.52. The second-order valence-corrected chi connectivity index (χ2v) is 10.1. The Bertz CT molecular complexity index is 1380. The van der Waals surface area contributed by atoms with E-state index >= 15 is 0 Å². The van der Waals surface area contributed by atoms with E-state index in [-0.39, 0.29) is 47.5 Å². The summed E-state index contributed by atoms with van der Waals surface area (Å²) in [6.07, 6.45) is 1.76. The summed E-state index contributed by atoms with van der Waals surface area (Å²) >= 11 is 0. The molecule has 0 spiro atoms. The summed E-state index contributed by atoms with van der Waals surface area (Å²) in [7, 11) is -8.73. The van der Waals surface area contributed by atoms with Gasteiger partial charge in [0.1, 0.15) is 20.2 Å². The SMILES string of the molecule is CCc1ccc2ccc(S(=O)(=O)[O-])cc2c1.CCc1ccc2ccc(S(=O)(=O)[O-])cc2c1.[Ca+2]. The molecule has 4 rings (SSSR count). The van der Waals surface area contributed by atoms with Crippen molar-refractivity contribution in [1.82, 2.24) is 0 Å². The number of fused-ring (bicyclic) bond motifs is 2. The number of hydrogen-bond donors (Lipinski definition) is 0. The van der Waals surface area contributed by atoms with Gasteiger partial charge in [0, 0.05) is 0 Å². The standard InChI is InChI=1S/2C12H12O3S.Ca/c2*1-2-9-3-4-10-5-6-12(16(13,14)15)8-11(10)7-9;/h2*3-8H,2H2,1H3,(H,13,14,15);/q;;+2/p-2. The Morgan fingerprint density at radius 2 is 0.879 bits per heavy atom. The molecule has 0 unspecified atom stereocenters. The smallest absolute Gasteiger partial charge is 0.744 e. The minimum absolute atomic E-state index is 0. The van der Waals surface area contributed by atoms with Crippen molar-refractivity contribution in [2.45, 2.75) is 36.5 Å². The summed E-state index contributed by atoms with van der Waals surface area (Å²) < 4.78 is 65.3. The molecule has 0 amide bonds. The normalized spacial score (nSPS) is 11.5. The fourth-order valence-corrected chi connectivity index (χ4v) is 4.31. The molecule has 0 saturated carbocycles. The van der Waals surface area contributed by atoms with Crippen LogP contribution in [0.25, 0.3) is 21.5 Å². The van der Waals surface area contributed by atoms with Gasteiger partial charge < -0.3 is 9.11 Å². The zero-order valence-electron chi connectivity index (χ0n) is 18.3. The molecule has 0 aromatic heterocycles. The van der Waals surface area contributed by atoms with E-state index in [1.807, 2.05) is 50.2 Å². The monoisotopic (exact) mass is 510 g/mol. The molecule has 0 aliphatic heterocycles. The van der Waals surface area contributed by atoms with Gasteiger partial charge in [0.05, 0.1) is 9.79 Å². The van der Waals surface area contributed by atoms with Gasteiger partial charge in [-0.05, 0) is 69.8 Å². The van der Waals surface area contributed by atoms with Crippen LogP contribution in [0.2, 0.25) is 0 Å². The summed E-state index contributed by atoms with van der Waals surface area (Å²) in [5.41, 5.74) is 2.24. The van der Waals surface area contributed by atoms with Crippen molar-refractivity contribution in [3.8, 4) is 0 Å². The third-order valence-corrected chi connectivity index (χ3v) is 6.81. The third-order valence-electron chi connectivity index (χ3n) is 5.15. The molecule has 0 radical (unpaired) electrons. The molecule has 0 fully saturated rings. The third kappa shape index (κ3) is 7.23. The minimum Gasteiger partial charge on any atom is -0.744 e. The van der Waals surface area contributed by atoms with Crippen LogP contribution in [0.1, 0.15) is 25.0 Å². The van der Waals surface area contributed by atoms with E-state index in [4.69, 9.17) is 0 Å². The zero-order valence-corrected chi connectivity index (χ0v) is 22.2. The van der Waals surface area contributed by atoms with Crippen LogP contribution in [0.5, 0.6) is 0 Å². The maximum absolute atomic E-state index is 10.9. The van der Waals surface area contributed by atoms with Gasteiger partial charge in [0.15, 0.2) is 0 Å². The van der Waals surface area contributed by atoms with Gasteiger partial charge in [0.2, 0.25) is 0 Å². The Morgan fingerprint density at radius 3 is 1.18 bits per heavy atom. The molecule has 0 saturated heterocycles. The number of benzene rings is 4. The van der Waals surface area contributed by atoms with Gasteiger partial charge in [-0.25, -0.2) is 16.8 Å². The van der Waals surface area contributed by atoms with Crippen molar-refractivity contribution in [1.29, 1.82) is 0 Å². The molecule has 0 heterocycles. The quantitative estimate of drug-likeness (QED) is 0.300. The maximum atomic E-state index is 10.9. The Kier molecular flexibility index (Phi) is 9.47. The first-order chi connectivity index (χ1) is 15.0. The molecular weight excluding hydrogens is 488 g/mol. The molecule has 0 N–H and O–H groups in total. The van der Waals surface area contributed by atoms with Crippen LogP contribution < -0.4 is 0 Å². The van der Waals surface area contributed by atoms with E-state index in [1.165, 1.54) is 24.3 Å². The van der Waals surface area contributed by atoms with E-state index in [0.29, 0.717) is 0 Å². The predicted octanol–water partition coefficient (Wildman–Crippen LogP) is 4.23. The first kappa shape index (κ1) is 27.7. The number of hydrogen-bond acceptors (Lipinski definition) is 6. The van der Waals surface area contributed by atoms with E-state index in [1.54, 1.807) is 12.1 Å². The van der Waals surface area contributed by atoms with Gasteiger partial charge in [-0.2, -0.15) is 0 Å². The summed E-state index contributed by atoms with van der Waals surface area (Å²) in [6, 6.07) is 20.5. The predicted molar refractivity (Wildman–Crippen MR) is 128 cm³/mol. The van der Waals surface area contributed by atoms with Gasteiger partial charge in [0.25, 0.3) is 0 Å². The zero-order chi connectivity index (χ0) is 23.5. The van der Waals surface area contributed by atoms with Crippen LogP contribution in [0, 0.1) is 0 Å². The Morgan fingerprint density at radius 1 is 0.545 bits per heavy atom.